The second-order valence-electron chi connectivity index (χ2n) is 4.27. The molecule has 3 aromatic rings. The summed E-state index contributed by atoms with van der Waals surface area (Å²) in [5.74, 6) is 0.873. The second-order valence-corrected chi connectivity index (χ2v) is 6.51. The molecule has 112 valence electrons. The molecule has 0 radical (unpaired) electrons. The van der Waals surface area contributed by atoms with E-state index in [9.17, 15) is 0 Å². The molecule has 0 fully saturated rings. The smallest absolute Gasteiger partial charge is 0.225 e. The van der Waals surface area contributed by atoms with Gasteiger partial charge in [0.2, 0.25) is 11.9 Å². The first kappa shape index (κ1) is 15.0. The molecule has 1 aromatic carbocycles. The largest absolute Gasteiger partial charge is 0.368 e. The lowest BCUT2D eigenvalue weighted by Crippen LogP contribution is -2.03. The number of nitrogen functional groups attached to an aromatic ring is 2. The first-order valence-electron chi connectivity index (χ1n) is 6.20. The van der Waals surface area contributed by atoms with Gasteiger partial charge in [0.15, 0.2) is 5.16 Å². The van der Waals surface area contributed by atoms with Crippen LogP contribution in [0.1, 0.15) is 5.69 Å². The van der Waals surface area contributed by atoms with Gasteiger partial charge in [0.05, 0.1) is 5.69 Å². The third kappa shape index (κ3) is 3.65. The van der Waals surface area contributed by atoms with Crippen molar-refractivity contribution >= 4 is 46.6 Å². The number of halogens is 1. The summed E-state index contributed by atoms with van der Waals surface area (Å²) in [6, 6.07) is 7.60. The molecule has 0 bridgehead atoms. The fraction of sp³-hybridized carbons (Fsp3) is 0.0769. The number of hydrogen-bond donors (Lipinski definition) is 2. The topological polar surface area (TPSA) is 104 Å². The third-order valence-electron chi connectivity index (χ3n) is 2.64. The van der Waals surface area contributed by atoms with Gasteiger partial charge >= 0.3 is 0 Å². The van der Waals surface area contributed by atoms with Crippen LogP contribution in [0.3, 0.4) is 0 Å². The molecular weight excluding hydrogens is 340 g/mol. The summed E-state index contributed by atoms with van der Waals surface area (Å²) in [5, 5.41) is 4.15. The van der Waals surface area contributed by atoms with E-state index >= 15 is 0 Å². The van der Waals surface area contributed by atoms with Crippen molar-refractivity contribution in [2.75, 3.05) is 11.5 Å². The van der Waals surface area contributed by atoms with Crippen molar-refractivity contribution in [1.82, 2.24) is 19.9 Å². The van der Waals surface area contributed by atoms with Gasteiger partial charge in [-0.2, -0.15) is 15.0 Å². The molecule has 0 aliphatic carbocycles. The molecule has 6 nitrogen and oxygen atoms in total. The number of nitrogens with zero attached hydrogens (tertiary/aromatic N) is 4. The molecule has 0 aliphatic heterocycles. The van der Waals surface area contributed by atoms with Crippen LogP contribution in [0, 0.1) is 0 Å². The van der Waals surface area contributed by atoms with E-state index < -0.39 is 0 Å². The van der Waals surface area contributed by atoms with E-state index in [0.29, 0.717) is 15.9 Å². The van der Waals surface area contributed by atoms with Crippen molar-refractivity contribution < 1.29 is 0 Å². The maximum Gasteiger partial charge on any atom is 0.225 e. The Morgan fingerprint density at radius 2 is 1.68 bits per heavy atom. The first-order valence-corrected chi connectivity index (χ1v) is 8.44. The van der Waals surface area contributed by atoms with Gasteiger partial charge in [-0.05, 0) is 12.1 Å². The SMILES string of the molecule is Nc1nc(N)nc(SCc2csc(-c3ccc(Cl)cc3)n2)n1. The highest BCUT2D eigenvalue weighted by atomic mass is 35.5. The van der Waals surface area contributed by atoms with Crippen LogP contribution in [0.5, 0.6) is 0 Å². The normalized spacial score (nSPS) is 10.8. The molecule has 0 spiro atoms. The van der Waals surface area contributed by atoms with Crippen molar-refractivity contribution in [1.29, 1.82) is 0 Å². The van der Waals surface area contributed by atoms with Gasteiger partial charge < -0.3 is 11.5 Å². The standard InChI is InChI=1S/C13H11ClN6S2/c14-8-3-1-7(2-4-8)10-17-9(5-21-10)6-22-13-19-11(15)18-12(16)20-13/h1-5H,6H2,(H4,15,16,18,19,20). The van der Waals surface area contributed by atoms with Crippen LogP contribution in [-0.2, 0) is 5.75 Å². The molecule has 0 unspecified atom stereocenters. The molecule has 2 aromatic heterocycles. The Morgan fingerprint density at radius 3 is 2.36 bits per heavy atom. The zero-order chi connectivity index (χ0) is 15.5. The monoisotopic (exact) mass is 350 g/mol. The van der Waals surface area contributed by atoms with E-state index in [-0.39, 0.29) is 11.9 Å². The summed E-state index contributed by atoms with van der Waals surface area (Å²) in [5.41, 5.74) is 13.1. The van der Waals surface area contributed by atoms with Crippen molar-refractivity contribution in [2.45, 2.75) is 10.9 Å². The Morgan fingerprint density at radius 1 is 1.00 bits per heavy atom. The number of anilines is 2. The molecule has 3 rings (SSSR count). The third-order valence-corrected chi connectivity index (χ3v) is 4.71. The van der Waals surface area contributed by atoms with Gasteiger partial charge in [-0.25, -0.2) is 4.98 Å². The Bertz CT molecular complexity index is 769. The molecule has 0 atom stereocenters. The van der Waals surface area contributed by atoms with E-state index in [1.165, 1.54) is 11.8 Å². The predicted molar refractivity (Wildman–Crippen MR) is 90.8 cm³/mol. The maximum atomic E-state index is 5.89. The molecule has 9 heteroatoms. The Kier molecular flexibility index (Phi) is 4.41. The number of nitrogens with two attached hydrogens (primary N) is 2. The second kappa shape index (κ2) is 6.47. The fourth-order valence-corrected chi connectivity index (χ4v) is 3.49. The quantitative estimate of drug-likeness (QED) is 0.696. The van der Waals surface area contributed by atoms with Crippen LogP contribution >= 0.6 is 34.7 Å². The van der Waals surface area contributed by atoms with Crippen LogP contribution < -0.4 is 11.5 Å². The lowest BCUT2D eigenvalue weighted by Gasteiger charge is -2.00. The molecule has 4 N–H and O–H groups in total. The van der Waals surface area contributed by atoms with Gasteiger partial charge in [0, 0.05) is 21.7 Å². The number of hydrogen-bond acceptors (Lipinski definition) is 8. The molecule has 2 heterocycles. The number of aromatic nitrogens is 4. The minimum Gasteiger partial charge on any atom is -0.368 e. The van der Waals surface area contributed by atoms with Crippen LogP contribution in [0.15, 0.2) is 34.8 Å². The van der Waals surface area contributed by atoms with E-state index in [1.54, 1.807) is 11.3 Å². The molecule has 0 amide bonds. The predicted octanol–water partition coefficient (Wildman–Crippen LogP) is 3.11. The average Bonchev–Trinajstić information content (AvgIpc) is 2.94. The molecule has 0 aliphatic rings. The van der Waals surface area contributed by atoms with E-state index in [1.807, 2.05) is 29.6 Å². The van der Waals surface area contributed by atoms with E-state index in [4.69, 9.17) is 23.1 Å². The summed E-state index contributed by atoms with van der Waals surface area (Å²) in [7, 11) is 0. The van der Waals surface area contributed by atoms with Gasteiger partial charge in [-0.1, -0.05) is 35.5 Å². The minimum absolute atomic E-state index is 0.120. The summed E-state index contributed by atoms with van der Waals surface area (Å²) in [6.07, 6.45) is 0. The van der Waals surface area contributed by atoms with E-state index in [0.717, 1.165) is 16.3 Å². The fourth-order valence-electron chi connectivity index (χ4n) is 1.69. The summed E-state index contributed by atoms with van der Waals surface area (Å²) in [4.78, 5) is 16.4. The summed E-state index contributed by atoms with van der Waals surface area (Å²) in [6.45, 7) is 0. The average molecular weight is 351 g/mol. The van der Waals surface area contributed by atoms with Gasteiger partial charge in [0.1, 0.15) is 5.01 Å². The Hall–Kier alpha value is -1.90. The van der Waals surface area contributed by atoms with E-state index in [2.05, 4.69) is 19.9 Å². The maximum absolute atomic E-state index is 5.89. The van der Waals surface area contributed by atoms with Gasteiger partial charge in [0.25, 0.3) is 0 Å². The van der Waals surface area contributed by atoms with Crippen LogP contribution in [-0.4, -0.2) is 19.9 Å². The van der Waals surface area contributed by atoms with Crippen molar-refractivity contribution in [2.24, 2.45) is 0 Å². The molecule has 0 saturated carbocycles. The number of thiazole rings is 1. The molecule has 0 saturated heterocycles. The van der Waals surface area contributed by atoms with Gasteiger partial charge in [-0.15, -0.1) is 11.3 Å². The lowest BCUT2D eigenvalue weighted by molar-refractivity contribution is 0.928. The van der Waals surface area contributed by atoms with Crippen LogP contribution in [0.4, 0.5) is 11.9 Å². The van der Waals surface area contributed by atoms with Crippen LogP contribution in [0.25, 0.3) is 10.6 Å². The summed E-state index contributed by atoms with van der Waals surface area (Å²) >= 11 is 8.88. The Labute approximate surface area is 140 Å². The highest BCUT2D eigenvalue weighted by molar-refractivity contribution is 7.98. The highest BCUT2D eigenvalue weighted by Gasteiger charge is 2.08. The summed E-state index contributed by atoms with van der Waals surface area (Å²) < 4.78 is 0. The van der Waals surface area contributed by atoms with Crippen molar-refractivity contribution in [3.8, 4) is 10.6 Å². The highest BCUT2D eigenvalue weighted by Crippen LogP contribution is 2.27. The molecule has 22 heavy (non-hydrogen) atoms. The van der Waals surface area contributed by atoms with Gasteiger partial charge in [-0.3, -0.25) is 0 Å². The van der Waals surface area contributed by atoms with Crippen molar-refractivity contribution in [3.05, 3.63) is 40.4 Å². The minimum atomic E-state index is 0.120. The zero-order valence-corrected chi connectivity index (χ0v) is 13.6. The first-order chi connectivity index (χ1) is 10.6. The zero-order valence-electron chi connectivity index (χ0n) is 11.2. The Balaban J connectivity index is 1.70. The molecular formula is C13H11ClN6S2. The number of benzene rings is 1. The van der Waals surface area contributed by atoms with Crippen LogP contribution in [0.2, 0.25) is 5.02 Å². The van der Waals surface area contributed by atoms with Crippen molar-refractivity contribution in [3.63, 3.8) is 0 Å². The number of thioether (sulfide) groups is 1. The lowest BCUT2D eigenvalue weighted by atomic mass is 10.2. The number of rotatable bonds is 4.